The molecule has 6 heteroatoms. The van der Waals surface area contributed by atoms with Crippen molar-refractivity contribution in [3.8, 4) is 0 Å². The van der Waals surface area contributed by atoms with E-state index in [2.05, 4.69) is 15.3 Å². The van der Waals surface area contributed by atoms with Crippen LogP contribution in [0.5, 0.6) is 0 Å². The number of hydrogen-bond acceptors (Lipinski definition) is 4. The Bertz CT molecular complexity index is 426. The van der Waals surface area contributed by atoms with Crippen molar-refractivity contribution >= 4 is 11.9 Å². The number of aryl methyl sites for hydroxylation is 1. The van der Waals surface area contributed by atoms with Gasteiger partial charge in [0.25, 0.3) is 5.91 Å². The average Bonchev–Trinajstić information content (AvgIpc) is 2.15. The first-order valence-corrected chi connectivity index (χ1v) is 5.13. The van der Waals surface area contributed by atoms with E-state index >= 15 is 0 Å². The highest BCUT2D eigenvalue weighted by Crippen LogP contribution is 2.09. The fourth-order valence-corrected chi connectivity index (χ4v) is 1.31. The normalized spacial score (nSPS) is 11.0. The van der Waals surface area contributed by atoms with E-state index in [4.69, 9.17) is 5.11 Å². The largest absolute Gasteiger partial charge is 0.481 e. The number of hydrogen-bond donors (Lipinski definition) is 2. The van der Waals surface area contributed by atoms with Gasteiger partial charge in [-0.3, -0.25) is 9.59 Å². The summed E-state index contributed by atoms with van der Waals surface area (Å²) in [5.41, 5.74) is -0.498. The summed E-state index contributed by atoms with van der Waals surface area (Å²) in [6, 6.07) is 0. The van der Waals surface area contributed by atoms with Gasteiger partial charge in [0.2, 0.25) is 0 Å². The first kappa shape index (κ1) is 13.1. The summed E-state index contributed by atoms with van der Waals surface area (Å²) in [5.74, 6) is -0.766. The van der Waals surface area contributed by atoms with Crippen molar-refractivity contribution in [3.05, 3.63) is 23.8 Å². The molecular weight excluding hydrogens is 222 g/mol. The molecule has 0 unspecified atom stereocenters. The van der Waals surface area contributed by atoms with E-state index in [-0.39, 0.29) is 12.3 Å². The minimum Gasteiger partial charge on any atom is -0.481 e. The van der Waals surface area contributed by atoms with Crippen molar-refractivity contribution in [2.75, 3.05) is 0 Å². The van der Waals surface area contributed by atoms with E-state index in [9.17, 15) is 9.59 Å². The first-order valence-electron chi connectivity index (χ1n) is 5.13. The maximum absolute atomic E-state index is 11.8. The summed E-state index contributed by atoms with van der Waals surface area (Å²) in [7, 11) is 0. The molecule has 1 heterocycles. The van der Waals surface area contributed by atoms with Crippen molar-refractivity contribution < 1.29 is 14.7 Å². The molecule has 0 fully saturated rings. The quantitative estimate of drug-likeness (QED) is 0.806. The number of nitrogens with zero attached hydrogens (tertiary/aromatic N) is 2. The number of carboxylic acid groups (broad SMARTS) is 1. The predicted molar refractivity (Wildman–Crippen MR) is 60.6 cm³/mol. The van der Waals surface area contributed by atoms with E-state index in [0.29, 0.717) is 11.4 Å². The molecule has 0 aromatic carbocycles. The van der Waals surface area contributed by atoms with Crippen LogP contribution in [-0.4, -0.2) is 32.5 Å². The van der Waals surface area contributed by atoms with E-state index in [1.54, 1.807) is 20.8 Å². The monoisotopic (exact) mass is 237 g/mol. The number of aromatic nitrogens is 2. The third kappa shape index (κ3) is 4.18. The Kier molecular flexibility index (Phi) is 3.77. The van der Waals surface area contributed by atoms with Gasteiger partial charge in [-0.25, -0.2) is 9.97 Å². The van der Waals surface area contributed by atoms with Crippen molar-refractivity contribution in [2.24, 2.45) is 0 Å². The van der Waals surface area contributed by atoms with Gasteiger partial charge in [0, 0.05) is 17.9 Å². The van der Waals surface area contributed by atoms with Crippen LogP contribution < -0.4 is 5.32 Å². The topological polar surface area (TPSA) is 92.2 Å². The molecule has 0 spiro atoms. The smallest absolute Gasteiger partial charge is 0.305 e. The van der Waals surface area contributed by atoms with Gasteiger partial charge in [0.05, 0.1) is 12.0 Å². The van der Waals surface area contributed by atoms with E-state index in [1.807, 2.05) is 0 Å². The maximum atomic E-state index is 11.8. The van der Waals surface area contributed by atoms with Crippen LogP contribution >= 0.6 is 0 Å². The van der Waals surface area contributed by atoms with Crippen LogP contribution in [0.1, 0.15) is 36.5 Å². The van der Waals surface area contributed by atoms with Gasteiger partial charge in [-0.2, -0.15) is 0 Å². The lowest BCUT2D eigenvalue weighted by molar-refractivity contribution is -0.138. The molecule has 0 saturated heterocycles. The Balaban J connectivity index is 2.72. The van der Waals surface area contributed by atoms with Crippen LogP contribution in [0.15, 0.2) is 12.4 Å². The summed E-state index contributed by atoms with van der Waals surface area (Å²) < 4.78 is 0. The van der Waals surface area contributed by atoms with E-state index in [1.165, 1.54) is 12.4 Å². The summed E-state index contributed by atoms with van der Waals surface area (Å²) in [6.45, 7) is 5.01. The summed E-state index contributed by atoms with van der Waals surface area (Å²) >= 11 is 0. The van der Waals surface area contributed by atoms with Crippen LogP contribution in [-0.2, 0) is 4.79 Å². The van der Waals surface area contributed by atoms with Crippen LogP contribution in [0.2, 0.25) is 0 Å². The first-order chi connectivity index (χ1) is 7.80. The van der Waals surface area contributed by atoms with E-state index < -0.39 is 11.5 Å². The number of carbonyl (C=O) groups excluding carboxylic acids is 1. The second-order valence-corrected chi connectivity index (χ2v) is 4.43. The minimum atomic E-state index is -0.963. The number of carbonyl (C=O) groups is 2. The molecule has 0 radical (unpaired) electrons. The van der Waals surface area contributed by atoms with Crippen LogP contribution in [0, 0.1) is 6.92 Å². The fourth-order valence-electron chi connectivity index (χ4n) is 1.31. The highest BCUT2D eigenvalue weighted by Gasteiger charge is 2.24. The molecule has 0 saturated carbocycles. The van der Waals surface area contributed by atoms with Gasteiger partial charge in [0.15, 0.2) is 0 Å². The Hall–Kier alpha value is -1.98. The third-order valence-corrected chi connectivity index (χ3v) is 2.09. The molecular formula is C11H15N3O3. The lowest BCUT2D eigenvalue weighted by atomic mass is 10.0. The molecule has 0 aliphatic rings. The Morgan fingerprint density at radius 1 is 1.35 bits per heavy atom. The molecule has 1 aromatic heterocycles. The van der Waals surface area contributed by atoms with Crippen molar-refractivity contribution in [1.29, 1.82) is 0 Å². The predicted octanol–water partition coefficient (Wildman–Crippen LogP) is 0.768. The number of amides is 1. The summed E-state index contributed by atoms with van der Waals surface area (Å²) in [6.07, 6.45) is 2.68. The third-order valence-electron chi connectivity index (χ3n) is 2.09. The minimum absolute atomic E-state index is 0.147. The van der Waals surface area contributed by atoms with Crippen molar-refractivity contribution in [2.45, 2.75) is 32.7 Å². The lowest BCUT2D eigenvalue weighted by Gasteiger charge is -2.24. The van der Waals surface area contributed by atoms with Crippen LogP contribution in [0.3, 0.4) is 0 Å². The Morgan fingerprint density at radius 2 is 1.88 bits per heavy atom. The molecule has 1 amide bonds. The van der Waals surface area contributed by atoms with Gasteiger partial charge >= 0.3 is 5.97 Å². The van der Waals surface area contributed by atoms with Gasteiger partial charge in [0.1, 0.15) is 5.82 Å². The van der Waals surface area contributed by atoms with Gasteiger partial charge in [-0.1, -0.05) is 0 Å². The van der Waals surface area contributed by atoms with Gasteiger partial charge in [-0.05, 0) is 20.8 Å². The molecule has 1 rings (SSSR count). The molecule has 92 valence electrons. The maximum Gasteiger partial charge on any atom is 0.305 e. The SMILES string of the molecule is Cc1ncc(C(=O)NC(C)(C)CC(=O)O)cn1. The lowest BCUT2D eigenvalue weighted by Crippen LogP contribution is -2.45. The molecule has 6 nitrogen and oxygen atoms in total. The zero-order valence-corrected chi connectivity index (χ0v) is 10.0. The molecule has 1 aromatic rings. The van der Waals surface area contributed by atoms with Crippen molar-refractivity contribution in [3.63, 3.8) is 0 Å². The molecule has 2 N–H and O–H groups in total. The molecule has 0 atom stereocenters. The molecule has 0 aliphatic carbocycles. The number of rotatable bonds is 4. The van der Waals surface area contributed by atoms with Crippen LogP contribution in [0.4, 0.5) is 0 Å². The van der Waals surface area contributed by atoms with Crippen LogP contribution in [0.25, 0.3) is 0 Å². The zero-order chi connectivity index (χ0) is 13.1. The summed E-state index contributed by atoms with van der Waals surface area (Å²) in [5, 5.41) is 11.3. The Morgan fingerprint density at radius 3 is 2.35 bits per heavy atom. The molecule has 0 bridgehead atoms. The van der Waals surface area contributed by atoms with Crippen molar-refractivity contribution in [1.82, 2.24) is 15.3 Å². The number of aliphatic carboxylic acids is 1. The van der Waals surface area contributed by atoms with Gasteiger partial charge in [-0.15, -0.1) is 0 Å². The highest BCUT2D eigenvalue weighted by molar-refractivity contribution is 5.94. The number of nitrogens with one attached hydrogen (secondary N) is 1. The Labute approximate surface area is 99.1 Å². The van der Waals surface area contributed by atoms with E-state index in [0.717, 1.165) is 0 Å². The highest BCUT2D eigenvalue weighted by atomic mass is 16.4. The zero-order valence-electron chi connectivity index (χ0n) is 10.0. The second-order valence-electron chi connectivity index (χ2n) is 4.43. The summed E-state index contributed by atoms with van der Waals surface area (Å²) in [4.78, 5) is 30.2. The molecule has 17 heavy (non-hydrogen) atoms. The molecule has 0 aliphatic heterocycles. The second kappa shape index (κ2) is 4.90. The fraction of sp³-hybridized carbons (Fsp3) is 0.455. The van der Waals surface area contributed by atoms with Gasteiger partial charge < -0.3 is 10.4 Å². The average molecular weight is 237 g/mol. The standard InChI is InChI=1S/C11H15N3O3/c1-7-12-5-8(6-13-7)10(17)14-11(2,3)4-9(15)16/h5-6H,4H2,1-3H3,(H,14,17)(H,15,16). The number of carboxylic acids is 1.